The maximum Gasteiger partial charge on any atom is 0.239 e. The molecule has 18 heavy (non-hydrogen) atoms. The lowest BCUT2D eigenvalue weighted by atomic mass is 10.2. The Hall–Kier alpha value is -1.29. The average Bonchev–Trinajstić information content (AvgIpc) is 2.84. The molecule has 1 amide bonds. The molecule has 0 atom stereocenters. The highest BCUT2D eigenvalue weighted by molar-refractivity contribution is 6.31. The fourth-order valence-electron chi connectivity index (χ4n) is 2.16. The van der Waals surface area contributed by atoms with E-state index in [1.165, 1.54) is 18.9 Å². The first-order valence-electron chi connectivity index (χ1n) is 6.14. The summed E-state index contributed by atoms with van der Waals surface area (Å²) in [5.41, 5.74) is 0.254. The third-order valence-corrected chi connectivity index (χ3v) is 3.40. The predicted molar refractivity (Wildman–Crippen MR) is 70.3 cm³/mol. The molecule has 0 radical (unpaired) electrons. The van der Waals surface area contributed by atoms with Gasteiger partial charge in [-0.2, -0.15) is 0 Å². The van der Waals surface area contributed by atoms with Crippen molar-refractivity contribution in [1.29, 1.82) is 0 Å². The van der Waals surface area contributed by atoms with E-state index in [9.17, 15) is 9.18 Å². The molecule has 1 aliphatic rings. The lowest BCUT2D eigenvalue weighted by Gasteiger charge is -2.13. The Balaban J connectivity index is 1.83. The molecule has 1 aromatic rings. The molecule has 0 aromatic heterocycles. The molecular formula is C13H16ClFN2O. The fraction of sp³-hybridized carbons (Fsp3) is 0.462. The molecule has 3 nitrogen and oxygen atoms in total. The van der Waals surface area contributed by atoms with Gasteiger partial charge in [0.1, 0.15) is 0 Å². The van der Waals surface area contributed by atoms with Gasteiger partial charge in [0.25, 0.3) is 0 Å². The van der Waals surface area contributed by atoms with Crippen LogP contribution in [0.2, 0.25) is 5.02 Å². The largest absolute Gasteiger partial charge is 0.374 e. The normalized spacial score (nSPS) is 15.7. The number of amides is 1. The number of hydrogen-bond donors (Lipinski definition) is 2. The quantitative estimate of drug-likeness (QED) is 0.883. The average molecular weight is 271 g/mol. The highest BCUT2D eigenvalue weighted by Crippen LogP contribution is 2.21. The minimum Gasteiger partial charge on any atom is -0.374 e. The van der Waals surface area contributed by atoms with Crippen molar-refractivity contribution in [3.63, 3.8) is 0 Å². The van der Waals surface area contributed by atoms with Gasteiger partial charge in [-0.1, -0.05) is 30.5 Å². The van der Waals surface area contributed by atoms with Crippen LogP contribution in [0, 0.1) is 5.82 Å². The molecule has 0 heterocycles. The van der Waals surface area contributed by atoms with Crippen LogP contribution in [0.1, 0.15) is 25.7 Å². The molecule has 5 heteroatoms. The Morgan fingerprint density at radius 2 is 2.11 bits per heavy atom. The van der Waals surface area contributed by atoms with Crippen molar-refractivity contribution in [3.8, 4) is 0 Å². The highest BCUT2D eigenvalue weighted by atomic mass is 35.5. The summed E-state index contributed by atoms with van der Waals surface area (Å²) in [5.74, 6) is -0.630. The van der Waals surface area contributed by atoms with E-state index >= 15 is 0 Å². The van der Waals surface area contributed by atoms with Crippen LogP contribution in [-0.4, -0.2) is 18.5 Å². The minimum absolute atomic E-state index is 0.0520. The van der Waals surface area contributed by atoms with Gasteiger partial charge in [0, 0.05) is 6.04 Å². The number of carbonyl (C=O) groups excluding carboxylic acids is 1. The van der Waals surface area contributed by atoms with E-state index in [0.29, 0.717) is 0 Å². The second-order valence-corrected chi connectivity index (χ2v) is 4.91. The van der Waals surface area contributed by atoms with Gasteiger partial charge in [0.05, 0.1) is 17.3 Å². The van der Waals surface area contributed by atoms with Crippen LogP contribution in [0.25, 0.3) is 0 Å². The van der Waals surface area contributed by atoms with E-state index in [1.54, 1.807) is 12.1 Å². The first-order valence-corrected chi connectivity index (χ1v) is 6.52. The minimum atomic E-state index is -0.521. The van der Waals surface area contributed by atoms with Crippen molar-refractivity contribution in [1.82, 2.24) is 5.32 Å². The molecule has 0 saturated heterocycles. The zero-order chi connectivity index (χ0) is 13.0. The van der Waals surface area contributed by atoms with Gasteiger partial charge >= 0.3 is 0 Å². The monoisotopic (exact) mass is 270 g/mol. The molecule has 0 unspecified atom stereocenters. The van der Waals surface area contributed by atoms with Crippen LogP contribution in [0.3, 0.4) is 0 Å². The molecule has 0 spiro atoms. The molecule has 2 rings (SSSR count). The molecule has 1 aromatic carbocycles. The molecule has 0 aliphatic heterocycles. The Morgan fingerprint density at radius 1 is 1.39 bits per heavy atom. The lowest BCUT2D eigenvalue weighted by Crippen LogP contribution is -2.36. The first kappa shape index (κ1) is 13.1. The zero-order valence-corrected chi connectivity index (χ0v) is 10.8. The van der Waals surface area contributed by atoms with Crippen LogP contribution in [-0.2, 0) is 4.79 Å². The topological polar surface area (TPSA) is 41.1 Å². The lowest BCUT2D eigenvalue weighted by molar-refractivity contribution is -0.120. The van der Waals surface area contributed by atoms with Crippen molar-refractivity contribution in [2.45, 2.75) is 31.7 Å². The van der Waals surface area contributed by atoms with Crippen molar-refractivity contribution in [2.75, 3.05) is 11.9 Å². The predicted octanol–water partition coefficient (Wildman–Crippen LogP) is 2.95. The number of halogens is 2. The van der Waals surface area contributed by atoms with Crippen molar-refractivity contribution >= 4 is 23.2 Å². The Morgan fingerprint density at radius 3 is 2.83 bits per heavy atom. The number of rotatable bonds is 4. The van der Waals surface area contributed by atoms with Gasteiger partial charge in [-0.05, 0) is 25.0 Å². The smallest absolute Gasteiger partial charge is 0.239 e. The Labute approximate surface area is 111 Å². The van der Waals surface area contributed by atoms with Crippen LogP contribution in [0.15, 0.2) is 18.2 Å². The van der Waals surface area contributed by atoms with E-state index in [4.69, 9.17) is 11.6 Å². The Kier molecular flexibility index (Phi) is 4.42. The standard InChI is InChI=1S/C13H16ClFN2O/c14-10-6-3-7-11(13(10)15)16-8-12(18)17-9-4-1-2-5-9/h3,6-7,9,16H,1-2,4-5,8H2,(H,17,18). The van der Waals surface area contributed by atoms with Gasteiger partial charge in [0.15, 0.2) is 5.82 Å². The number of carbonyl (C=O) groups is 1. The number of benzene rings is 1. The van der Waals surface area contributed by atoms with E-state index in [1.807, 2.05) is 0 Å². The zero-order valence-electron chi connectivity index (χ0n) is 10.0. The summed E-state index contributed by atoms with van der Waals surface area (Å²) in [5, 5.41) is 5.73. The molecule has 1 aliphatic carbocycles. The maximum absolute atomic E-state index is 13.5. The third kappa shape index (κ3) is 3.35. The number of nitrogens with one attached hydrogen (secondary N) is 2. The summed E-state index contributed by atoms with van der Waals surface area (Å²) < 4.78 is 13.5. The van der Waals surface area contributed by atoms with Crippen LogP contribution in [0.4, 0.5) is 10.1 Å². The van der Waals surface area contributed by atoms with E-state index in [2.05, 4.69) is 10.6 Å². The van der Waals surface area contributed by atoms with E-state index in [0.717, 1.165) is 12.8 Å². The molecule has 1 fully saturated rings. The van der Waals surface area contributed by atoms with Crippen molar-refractivity contribution in [2.24, 2.45) is 0 Å². The van der Waals surface area contributed by atoms with Gasteiger partial charge < -0.3 is 10.6 Å². The second kappa shape index (κ2) is 6.05. The third-order valence-electron chi connectivity index (χ3n) is 3.11. The van der Waals surface area contributed by atoms with Gasteiger partial charge in [0.2, 0.25) is 5.91 Å². The van der Waals surface area contributed by atoms with Crippen molar-refractivity contribution < 1.29 is 9.18 Å². The van der Waals surface area contributed by atoms with E-state index < -0.39 is 5.82 Å². The fourth-order valence-corrected chi connectivity index (χ4v) is 2.34. The summed E-state index contributed by atoms with van der Waals surface area (Å²) in [7, 11) is 0. The summed E-state index contributed by atoms with van der Waals surface area (Å²) in [6, 6.07) is 4.95. The Bertz CT molecular complexity index is 433. The maximum atomic E-state index is 13.5. The molecule has 98 valence electrons. The van der Waals surface area contributed by atoms with Gasteiger partial charge in [-0.25, -0.2) is 4.39 Å². The van der Waals surface area contributed by atoms with Gasteiger partial charge in [-0.3, -0.25) is 4.79 Å². The molecular weight excluding hydrogens is 255 g/mol. The molecule has 0 bridgehead atoms. The van der Waals surface area contributed by atoms with E-state index in [-0.39, 0.29) is 29.2 Å². The first-order chi connectivity index (χ1) is 8.66. The van der Waals surface area contributed by atoms with Crippen LogP contribution in [0.5, 0.6) is 0 Å². The van der Waals surface area contributed by atoms with Crippen molar-refractivity contribution in [3.05, 3.63) is 29.0 Å². The number of anilines is 1. The van der Waals surface area contributed by atoms with Crippen LogP contribution >= 0.6 is 11.6 Å². The summed E-state index contributed by atoms with van der Waals surface area (Å²) in [4.78, 5) is 11.6. The molecule has 1 saturated carbocycles. The summed E-state index contributed by atoms with van der Waals surface area (Å²) in [6.45, 7) is 0.0633. The van der Waals surface area contributed by atoms with Crippen LogP contribution < -0.4 is 10.6 Å². The SMILES string of the molecule is O=C(CNc1cccc(Cl)c1F)NC1CCCC1. The second-order valence-electron chi connectivity index (χ2n) is 4.50. The molecule has 2 N–H and O–H groups in total. The summed E-state index contributed by atoms with van der Waals surface area (Å²) >= 11 is 5.65. The highest BCUT2D eigenvalue weighted by Gasteiger charge is 2.17. The summed E-state index contributed by atoms with van der Waals surface area (Å²) in [6.07, 6.45) is 4.41. The number of hydrogen-bond acceptors (Lipinski definition) is 2. The van der Waals surface area contributed by atoms with Gasteiger partial charge in [-0.15, -0.1) is 0 Å².